The van der Waals surface area contributed by atoms with Gasteiger partial charge < -0.3 is 10.1 Å². The second-order valence-corrected chi connectivity index (χ2v) is 4.59. The number of ether oxygens (including phenoxy) is 1. The van der Waals surface area contributed by atoms with Crippen LogP contribution in [0.4, 0.5) is 8.78 Å². The third-order valence-corrected chi connectivity index (χ3v) is 3.10. The molecule has 1 heterocycles. The molecule has 2 rings (SSSR count). The van der Waals surface area contributed by atoms with Crippen LogP contribution in [0.25, 0.3) is 0 Å². The highest BCUT2D eigenvalue weighted by Gasteiger charge is 2.13. The molecule has 2 N–H and O–H groups in total. The van der Waals surface area contributed by atoms with Crippen molar-refractivity contribution in [2.75, 3.05) is 0 Å². The predicted molar refractivity (Wildman–Crippen MR) is 71.6 cm³/mol. The number of aromatic nitrogens is 2. The Morgan fingerprint density at radius 3 is 2.60 bits per heavy atom. The molecule has 108 valence electrons. The number of rotatable bonds is 6. The van der Waals surface area contributed by atoms with E-state index in [0.717, 1.165) is 11.1 Å². The number of nitrogens with zero attached hydrogens (tertiary/aromatic N) is 1. The third kappa shape index (κ3) is 3.77. The number of H-pyrrole nitrogens is 1. The van der Waals surface area contributed by atoms with Crippen molar-refractivity contribution in [3.63, 3.8) is 0 Å². The minimum absolute atomic E-state index is 0.00104. The van der Waals surface area contributed by atoms with E-state index in [-0.39, 0.29) is 17.8 Å². The quantitative estimate of drug-likeness (QED) is 0.853. The van der Waals surface area contributed by atoms with Gasteiger partial charge in [-0.3, -0.25) is 5.10 Å². The molecule has 2 atom stereocenters. The van der Waals surface area contributed by atoms with Gasteiger partial charge in [0.25, 0.3) is 0 Å². The van der Waals surface area contributed by atoms with Crippen molar-refractivity contribution < 1.29 is 13.5 Å². The van der Waals surface area contributed by atoms with Crippen LogP contribution in [-0.4, -0.2) is 16.8 Å². The second-order valence-electron chi connectivity index (χ2n) is 4.59. The monoisotopic (exact) mass is 281 g/mol. The van der Waals surface area contributed by atoms with Gasteiger partial charge in [-0.05, 0) is 31.5 Å². The van der Waals surface area contributed by atoms with Crippen molar-refractivity contribution in [2.45, 2.75) is 32.5 Å². The van der Waals surface area contributed by atoms with Crippen LogP contribution in [0.5, 0.6) is 5.75 Å². The number of hydrogen-bond acceptors (Lipinski definition) is 3. The van der Waals surface area contributed by atoms with Crippen molar-refractivity contribution in [1.82, 2.24) is 15.5 Å². The predicted octanol–water partition coefficient (Wildman–Crippen LogP) is 3.42. The zero-order chi connectivity index (χ0) is 14.5. The maximum absolute atomic E-state index is 12.2. The van der Waals surface area contributed by atoms with Gasteiger partial charge in [0.15, 0.2) is 0 Å². The standard InChI is InChI=1S/C14H17F2N3O/c1-9(19-10(2)12-7-17-18-8-12)11-4-3-5-13(6-11)20-14(15)16/h3-10,14,19H,1-2H3,(H,17,18). The Hall–Kier alpha value is -1.95. The summed E-state index contributed by atoms with van der Waals surface area (Å²) in [6, 6.07) is 6.81. The third-order valence-electron chi connectivity index (χ3n) is 3.10. The normalized spacial score (nSPS) is 14.2. The zero-order valence-corrected chi connectivity index (χ0v) is 11.3. The van der Waals surface area contributed by atoms with Gasteiger partial charge in [-0.1, -0.05) is 12.1 Å². The highest BCUT2D eigenvalue weighted by molar-refractivity contribution is 5.30. The lowest BCUT2D eigenvalue weighted by molar-refractivity contribution is -0.0499. The summed E-state index contributed by atoms with van der Waals surface area (Å²) in [6.07, 6.45) is 3.57. The highest BCUT2D eigenvalue weighted by Crippen LogP contribution is 2.23. The molecule has 0 aliphatic heterocycles. The molecule has 0 saturated heterocycles. The Bertz CT molecular complexity index is 531. The molecule has 1 aromatic carbocycles. The SMILES string of the molecule is CC(NC(C)c1cccc(OC(F)F)c1)c1cn[nH]c1. The minimum Gasteiger partial charge on any atom is -0.435 e. The first-order valence-electron chi connectivity index (χ1n) is 6.35. The Kier molecular flexibility index (Phi) is 4.68. The smallest absolute Gasteiger partial charge is 0.387 e. The lowest BCUT2D eigenvalue weighted by Crippen LogP contribution is -2.22. The van der Waals surface area contributed by atoms with E-state index >= 15 is 0 Å². The maximum Gasteiger partial charge on any atom is 0.387 e. The van der Waals surface area contributed by atoms with Gasteiger partial charge >= 0.3 is 6.61 Å². The fraction of sp³-hybridized carbons (Fsp3) is 0.357. The first kappa shape index (κ1) is 14.5. The van der Waals surface area contributed by atoms with E-state index < -0.39 is 6.61 Å². The van der Waals surface area contributed by atoms with E-state index in [0.29, 0.717) is 0 Å². The zero-order valence-electron chi connectivity index (χ0n) is 11.3. The van der Waals surface area contributed by atoms with Gasteiger partial charge in [-0.15, -0.1) is 0 Å². The number of benzene rings is 1. The fourth-order valence-electron chi connectivity index (χ4n) is 2.03. The number of alkyl halides is 2. The molecular weight excluding hydrogens is 264 g/mol. The van der Waals surface area contributed by atoms with Gasteiger partial charge in [-0.25, -0.2) is 0 Å². The van der Waals surface area contributed by atoms with Crippen LogP contribution in [0.1, 0.15) is 37.1 Å². The summed E-state index contributed by atoms with van der Waals surface area (Å²) in [5.41, 5.74) is 1.93. The summed E-state index contributed by atoms with van der Waals surface area (Å²) < 4.78 is 28.8. The lowest BCUT2D eigenvalue weighted by atomic mass is 10.1. The van der Waals surface area contributed by atoms with Crippen LogP contribution in [0.15, 0.2) is 36.7 Å². The lowest BCUT2D eigenvalue weighted by Gasteiger charge is -2.20. The topological polar surface area (TPSA) is 49.9 Å². The van der Waals surface area contributed by atoms with Gasteiger partial charge in [-0.2, -0.15) is 13.9 Å². The first-order valence-corrected chi connectivity index (χ1v) is 6.35. The number of hydrogen-bond donors (Lipinski definition) is 2. The van der Waals surface area contributed by atoms with Crippen LogP contribution >= 0.6 is 0 Å². The first-order chi connectivity index (χ1) is 9.56. The molecule has 0 radical (unpaired) electrons. The van der Waals surface area contributed by atoms with Crippen LogP contribution in [0.2, 0.25) is 0 Å². The minimum atomic E-state index is -2.81. The summed E-state index contributed by atoms with van der Waals surface area (Å²) >= 11 is 0. The molecule has 4 nitrogen and oxygen atoms in total. The summed E-state index contributed by atoms with van der Waals surface area (Å²) in [7, 11) is 0. The molecule has 0 aliphatic rings. The Morgan fingerprint density at radius 2 is 1.95 bits per heavy atom. The van der Waals surface area contributed by atoms with Crippen LogP contribution in [0, 0.1) is 0 Å². The Balaban J connectivity index is 2.03. The average molecular weight is 281 g/mol. The molecule has 0 bridgehead atoms. The van der Waals surface area contributed by atoms with E-state index in [2.05, 4.69) is 20.3 Å². The second kappa shape index (κ2) is 6.47. The van der Waals surface area contributed by atoms with Crippen LogP contribution in [-0.2, 0) is 0 Å². The molecule has 0 saturated carbocycles. The van der Waals surface area contributed by atoms with Crippen molar-refractivity contribution in [3.05, 3.63) is 47.8 Å². The van der Waals surface area contributed by atoms with E-state index in [1.807, 2.05) is 26.1 Å². The van der Waals surface area contributed by atoms with Crippen LogP contribution < -0.4 is 10.1 Å². The molecule has 6 heteroatoms. The van der Waals surface area contributed by atoms with Crippen LogP contribution in [0.3, 0.4) is 0 Å². The molecular formula is C14H17F2N3O. The van der Waals surface area contributed by atoms with Crippen molar-refractivity contribution in [2.24, 2.45) is 0 Å². The fourth-order valence-corrected chi connectivity index (χ4v) is 2.03. The molecule has 1 aromatic heterocycles. The largest absolute Gasteiger partial charge is 0.435 e. The van der Waals surface area contributed by atoms with Gasteiger partial charge in [0, 0.05) is 23.8 Å². The molecule has 0 spiro atoms. The summed E-state index contributed by atoms with van der Waals surface area (Å²) in [5, 5.41) is 10.0. The molecule has 0 amide bonds. The van der Waals surface area contributed by atoms with E-state index in [1.165, 1.54) is 6.07 Å². The molecule has 20 heavy (non-hydrogen) atoms. The molecule has 2 aromatic rings. The summed E-state index contributed by atoms with van der Waals surface area (Å²) in [4.78, 5) is 0. The van der Waals surface area contributed by atoms with E-state index in [4.69, 9.17) is 0 Å². The summed E-state index contributed by atoms with van der Waals surface area (Å²) in [6.45, 7) is 1.18. The Morgan fingerprint density at radius 1 is 1.20 bits per heavy atom. The van der Waals surface area contributed by atoms with E-state index in [1.54, 1.807) is 18.3 Å². The van der Waals surface area contributed by atoms with E-state index in [9.17, 15) is 8.78 Å². The van der Waals surface area contributed by atoms with Crippen molar-refractivity contribution in [1.29, 1.82) is 0 Å². The summed E-state index contributed by atoms with van der Waals surface area (Å²) in [5.74, 6) is 0.169. The van der Waals surface area contributed by atoms with Gasteiger partial charge in [0.05, 0.1) is 6.20 Å². The van der Waals surface area contributed by atoms with Gasteiger partial charge in [0.1, 0.15) is 5.75 Å². The molecule has 0 aliphatic carbocycles. The highest BCUT2D eigenvalue weighted by atomic mass is 19.3. The van der Waals surface area contributed by atoms with Crippen molar-refractivity contribution in [3.8, 4) is 5.75 Å². The van der Waals surface area contributed by atoms with Crippen molar-refractivity contribution >= 4 is 0 Å². The average Bonchev–Trinajstić information content (AvgIpc) is 2.92. The number of halogens is 2. The molecule has 0 fully saturated rings. The van der Waals surface area contributed by atoms with Gasteiger partial charge in [0.2, 0.25) is 0 Å². The molecule has 2 unspecified atom stereocenters. The maximum atomic E-state index is 12.2. The number of aromatic amines is 1. The Labute approximate surface area is 116 Å². The number of nitrogens with one attached hydrogen (secondary N) is 2.